The fourth-order valence-corrected chi connectivity index (χ4v) is 2.84. The molecule has 0 saturated heterocycles. The van der Waals surface area contributed by atoms with E-state index in [2.05, 4.69) is 20.9 Å². The minimum atomic E-state index is -4.65. The molecule has 172 valence electrons. The average Bonchev–Trinajstić information content (AvgIpc) is 2.76. The second-order valence-corrected chi connectivity index (χ2v) is 6.85. The first-order valence-electron chi connectivity index (χ1n) is 9.23. The number of nitrogens with zero attached hydrogens (tertiary/aromatic N) is 1. The quantitative estimate of drug-likeness (QED) is 0.376. The van der Waals surface area contributed by atoms with Crippen molar-refractivity contribution in [1.82, 2.24) is 10.3 Å². The van der Waals surface area contributed by atoms with Crippen molar-refractivity contribution in [2.24, 2.45) is 0 Å². The molecular formula is C21H16ClF3N4O4. The number of carbonyl (C=O) groups excluding carboxylic acids is 2. The van der Waals surface area contributed by atoms with Gasteiger partial charge in [0.15, 0.2) is 0 Å². The number of aromatic nitrogens is 1. The van der Waals surface area contributed by atoms with Crippen molar-refractivity contribution in [3.63, 3.8) is 0 Å². The van der Waals surface area contributed by atoms with Crippen LogP contribution in [0.3, 0.4) is 0 Å². The van der Waals surface area contributed by atoms with Crippen molar-refractivity contribution in [3.8, 4) is 11.5 Å². The Balaban J connectivity index is 1.61. The van der Waals surface area contributed by atoms with Crippen LogP contribution in [0.4, 0.5) is 29.3 Å². The van der Waals surface area contributed by atoms with Gasteiger partial charge in [0.2, 0.25) is 0 Å². The van der Waals surface area contributed by atoms with E-state index in [9.17, 15) is 22.8 Å². The number of rotatable bonds is 6. The summed E-state index contributed by atoms with van der Waals surface area (Å²) in [7, 11) is 0. The molecule has 0 atom stereocenters. The maximum Gasteiger partial charge on any atom is 0.417 e. The van der Waals surface area contributed by atoms with Crippen LogP contribution in [0.5, 0.6) is 11.5 Å². The lowest BCUT2D eigenvalue weighted by atomic mass is 10.2. The molecule has 0 aliphatic carbocycles. The van der Waals surface area contributed by atoms with Crippen molar-refractivity contribution in [1.29, 1.82) is 0 Å². The zero-order valence-corrected chi connectivity index (χ0v) is 17.4. The highest BCUT2D eigenvalue weighted by molar-refractivity contribution is 6.31. The first kappa shape index (κ1) is 23.8. The Morgan fingerprint density at radius 1 is 0.970 bits per heavy atom. The van der Waals surface area contributed by atoms with Crippen LogP contribution in [-0.2, 0) is 6.18 Å². The molecule has 4 N–H and O–H groups in total. The normalized spacial score (nSPS) is 10.9. The van der Waals surface area contributed by atoms with Gasteiger partial charge in [-0.15, -0.1) is 0 Å². The van der Waals surface area contributed by atoms with Crippen molar-refractivity contribution < 1.29 is 32.6 Å². The monoisotopic (exact) mass is 480 g/mol. The molecule has 0 unspecified atom stereocenters. The van der Waals surface area contributed by atoms with Crippen LogP contribution in [0.25, 0.3) is 0 Å². The van der Waals surface area contributed by atoms with E-state index in [0.29, 0.717) is 17.2 Å². The SMILES string of the molecule is O=C(Nc1ccc(Oc2ccnc(C(=O)NCO)c2)cc1)Nc1ccc(Cl)c(C(F)(F)F)c1. The van der Waals surface area contributed by atoms with Gasteiger partial charge >= 0.3 is 12.2 Å². The first-order chi connectivity index (χ1) is 15.7. The Hall–Kier alpha value is -3.83. The number of urea groups is 1. The maximum absolute atomic E-state index is 12.9. The van der Waals surface area contributed by atoms with Gasteiger partial charge in [0.05, 0.1) is 10.6 Å². The molecule has 0 fully saturated rings. The number of ether oxygens (including phenoxy) is 1. The number of hydrogen-bond donors (Lipinski definition) is 4. The number of halogens is 4. The summed E-state index contributed by atoms with van der Waals surface area (Å²) < 4.78 is 44.5. The highest BCUT2D eigenvalue weighted by atomic mass is 35.5. The van der Waals surface area contributed by atoms with E-state index in [1.54, 1.807) is 0 Å². The number of aliphatic hydroxyl groups excluding tert-OH is 1. The van der Waals surface area contributed by atoms with Crippen LogP contribution in [-0.4, -0.2) is 28.8 Å². The Morgan fingerprint density at radius 2 is 1.64 bits per heavy atom. The number of anilines is 2. The fourth-order valence-electron chi connectivity index (χ4n) is 2.62. The third kappa shape index (κ3) is 6.57. The van der Waals surface area contributed by atoms with Gasteiger partial charge in [0.25, 0.3) is 5.91 Å². The minimum Gasteiger partial charge on any atom is -0.457 e. The number of nitrogens with one attached hydrogen (secondary N) is 3. The largest absolute Gasteiger partial charge is 0.457 e. The highest BCUT2D eigenvalue weighted by Crippen LogP contribution is 2.36. The second kappa shape index (κ2) is 10.2. The predicted octanol–water partition coefficient (Wildman–Crippen LogP) is 4.87. The summed E-state index contributed by atoms with van der Waals surface area (Å²) in [5.74, 6) is 0.125. The molecule has 0 radical (unpaired) electrons. The number of amides is 3. The van der Waals surface area contributed by atoms with E-state index in [0.717, 1.165) is 12.1 Å². The van der Waals surface area contributed by atoms with E-state index in [1.807, 2.05) is 0 Å². The molecule has 33 heavy (non-hydrogen) atoms. The van der Waals surface area contributed by atoms with Gasteiger partial charge in [-0.05, 0) is 48.5 Å². The molecule has 0 aliphatic rings. The van der Waals surface area contributed by atoms with Crippen LogP contribution < -0.4 is 20.7 Å². The molecule has 3 rings (SSSR count). The van der Waals surface area contributed by atoms with E-state index in [-0.39, 0.29) is 11.4 Å². The average molecular weight is 481 g/mol. The summed E-state index contributed by atoms with van der Waals surface area (Å²) in [6.07, 6.45) is -3.29. The number of hydrogen-bond acceptors (Lipinski definition) is 5. The van der Waals surface area contributed by atoms with Gasteiger partial charge in [0.1, 0.15) is 23.9 Å². The van der Waals surface area contributed by atoms with Crippen LogP contribution >= 0.6 is 11.6 Å². The fraction of sp³-hybridized carbons (Fsp3) is 0.0952. The van der Waals surface area contributed by atoms with Crippen LogP contribution in [0.2, 0.25) is 5.02 Å². The zero-order chi connectivity index (χ0) is 24.0. The third-order valence-corrected chi connectivity index (χ3v) is 4.41. The van der Waals surface area contributed by atoms with Crippen LogP contribution in [0.1, 0.15) is 16.1 Å². The summed E-state index contributed by atoms with van der Waals surface area (Å²) in [5.41, 5.74) is -0.741. The van der Waals surface area contributed by atoms with E-state index >= 15 is 0 Å². The van der Waals surface area contributed by atoms with Gasteiger partial charge < -0.3 is 25.8 Å². The van der Waals surface area contributed by atoms with Crippen molar-refractivity contribution in [2.45, 2.75) is 6.18 Å². The first-order valence-corrected chi connectivity index (χ1v) is 9.61. The molecule has 0 bridgehead atoms. The van der Waals surface area contributed by atoms with Crippen molar-refractivity contribution >= 4 is 34.9 Å². The summed E-state index contributed by atoms with van der Waals surface area (Å²) in [6.45, 7) is -0.533. The van der Waals surface area contributed by atoms with Gasteiger partial charge in [-0.2, -0.15) is 13.2 Å². The zero-order valence-electron chi connectivity index (χ0n) is 16.6. The Kier molecular flexibility index (Phi) is 7.36. The number of alkyl halides is 3. The van der Waals surface area contributed by atoms with E-state index in [1.165, 1.54) is 48.7 Å². The standard InChI is InChI=1S/C21H16ClF3N4O4/c22-17-6-3-13(9-16(17)21(23,24)25)29-20(32)28-12-1-4-14(5-2-12)33-15-7-8-26-18(10-15)19(31)27-11-30/h1-10,30H,11H2,(H,27,31)(H2,28,29,32). The number of aliphatic hydroxyl groups is 1. The number of benzene rings is 2. The molecule has 3 amide bonds. The topological polar surface area (TPSA) is 113 Å². The molecule has 12 heteroatoms. The molecule has 1 aromatic heterocycles. The molecule has 0 aliphatic heterocycles. The Morgan fingerprint density at radius 3 is 2.30 bits per heavy atom. The summed E-state index contributed by atoms with van der Waals surface area (Å²) in [6, 6.07) is 11.3. The predicted molar refractivity (Wildman–Crippen MR) is 114 cm³/mol. The van der Waals surface area contributed by atoms with E-state index in [4.69, 9.17) is 21.4 Å². The summed E-state index contributed by atoms with van der Waals surface area (Å²) >= 11 is 5.56. The van der Waals surface area contributed by atoms with Gasteiger partial charge in [-0.25, -0.2) is 4.79 Å². The highest BCUT2D eigenvalue weighted by Gasteiger charge is 2.33. The lowest BCUT2D eigenvalue weighted by Crippen LogP contribution is -2.24. The summed E-state index contributed by atoms with van der Waals surface area (Å²) in [4.78, 5) is 27.7. The number of pyridine rings is 1. The minimum absolute atomic E-state index is 0.0485. The van der Waals surface area contributed by atoms with Gasteiger partial charge in [-0.3, -0.25) is 9.78 Å². The maximum atomic E-state index is 12.9. The summed E-state index contributed by atoms with van der Waals surface area (Å²) in [5, 5.41) is 15.3. The molecule has 0 spiro atoms. The van der Waals surface area contributed by atoms with Gasteiger partial charge in [-0.1, -0.05) is 11.6 Å². The molecule has 8 nitrogen and oxygen atoms in total. The van der Waals surface area contributed by atoms with Crippen molar-refractivity contribution in [3.05, 3.63) is 77.1 Å². The van der Waals surface area contributed by atoms with Crippen LogP contribution in [0.15, 0.2) is 60.8 Å². The molecule has 3 aromatic rings. The number of carbonyl (C=O) groups is 2. The lowest BCUT2D eigenvalue weighted by Gasteiger charge is -2.12. The molecule has 0 saturated carbocycles. The molecular weight excluding hydrogens is 465 g/mol. The Labute approximate surface area is 190 Å². The smallest absolute Gasteiger partial charge is 0.417 e. The van der Waals surface area contributed by atoms with Gasteiger partial charge in [0, 0.05) is 23.6 Å². The van der Waals surface area contributed by atoms with Crippen LogP contribution in [0, 0.1) is 0 Å². The lowest BCUT2D eigenvalue weighted by molar-refractivity contribution is -0.137. The van der Waals surface area contributed by atoms with Crippen molar-refractivity contribution in [2.75, 3.05) is 17.4 Å². The molecule has 2 aromatic carbocycles. The van der Waals surface area contributed by atoms with E-state index < -0.39 is 35.4 Å². The molecule has 1 heterocycles. The Bertz CT molecular complexity index is 1160. The third-order valence-electron chi connectivity index (χ3n) is 4.08. The second-order valence-electron chi connectivity index (χ2n) is 6.44.